The van der Waals surface area contributed by atoms with E-state index in [0.29, 0.717) is 0 Å². The number of piperidine rings is 1. The molecule has 0 spiro atoms. The van der Waals surface area contributed by atoms with Crippen LogP contribution in [-0.2, 0) is 26.1 Å². The van der Waals surface area contributed by atoms with E-state index in [1.165, 1.54) is 6.07 Å². The number of hydrogen-bond acceptors (Lipinski definition) is 5. The normalized spacial score (nSPS) is 19.4. The molecule has 2 heterocycles. The van der Waals surface area contributed by atoms with Crippen molar-refractivity contribution in [3.05, 3.63) is 29.3 Å². The second kappa shape index (κ2) is 5.86. The lowest BCUT2D eigenvalue weighted by Gasteiger charge is -2.20. The minimum absolute atomic E-state index is 0.0438. The van der Waals surface area contributed by atoms with Crippen LogP contribution in [-0.4, -0.2) is 35.5 Å². The molecule has 1 saturated heterocycles. The summed E-state index contributed by atoms with van der Waals surface area (Å²) in [6.45, 7) is 0. The Morgan fingerprint density at radius 1 is 1.43 bits per heavy atom. The van der Waals surface area contributed by atoms with Crippen LogP contribution in [0.4, 0.5) is 4.39 Å². The van der Waals surface area contributed by atoms with Crippen molar-refractivity contribution in [2.45, 2.75) is 25.2 Å². The maximum Gasteiger partial charge on any atom is 0.265 e. The fraction of sp³-hybridized carbons (Fsp3) is 0.417. The molecule has 114 valence electrons. The van der Waals surface area contributed by atoms with Crippen molar-refractivity contribution in [3.8, 4) is 0 Å². The number of imide groups is 1. The van der Waals surface area contributed by atoms with Crippen LogP contribution in [0.25, 0.3) is 0 Å². The van der Waals surface area contributed by atoms with Crippen molar-refractivity contribution in [2.24, 2.45) is 0 Å². The quantitative estimate of drug-likeness (QED) is 0.605. The van der Waals surface area contributed by atoms with Crippen LogP contribution in [0.2, 0.25) is 0 Å². The second-order valence-electron chi connectivity index (χ2n) is 4.74. The Hall–Kier alpha value is -1.87. The zero-order valence-electron chi connectivity index (χ0n) is 10.9. The molecule has 0 radical (unpaired) electrons. The summed E-state index contributed by atoms with van der Waals surface area (Å²) in [4.78, 5) is 26.6. The molecule has 1 aromatic rings. The summed E-state index contributed by atoms with van der Waals surface area (Å²) in [6, 6.07) is 1.29. The number of aryl methyl sites for hydroxylation is 1. The molecule has 0 aromatic carbocycles. The number of carbonyl (C=O) groups excluding carboxylic acids is 2. The lowest BCUT2D eigenvalue weighted by molar-refractivity contribution is -0.134. The molecular weight excluding hydrogens is 303 g/mol. The van der Waals surface area contributed by atoms with E-state index in [1.54, 1.807) is 0 Å². The third kappa shape index (κ3) is 4.05. The molecule has 1 unspecified atom stereocenters. The minimum Gasteiger partial charge on any atom is -0.296 e. The highest BCUT2D eigenvalue weighted by atomic mass is 32.2. The van der Waals surface area contributed by atoms with Gasteiger partial charge in [-0.3, -0.25) is 24.4 Å². The smallest absolute Gasteiger partial charge is 0.265 e. The highest BCUT2D eigenvalue weighted by molar-refractivity contribution is 7.85. The van der Waals surface area contributed by atoms with E-state index in [0.717, 1.165) is 6.20 Å². The molecule has 1 aliphatic heterocycles. The average molecular weight is 316 g/mol. The first-order valence-electron chi connectivity index (χ1n) is 6.19. The molecule has 0 bridgehead atoms. The first kappa shape index (κ1) is 15.5. The van der Waals surface area contributed by atoms with Gasteiger partial charge in [0.15, 0.2) is 0 Å². The number of nitrogens with zero attached hydrogens (tertiary/aromatic N) is 1. The van der Waals surface area contributed by atoms with E-state index in [4.69, 9.17) is 4.55 Å². The Kier molecular flexibility index (Phi) is 4.33. The topological polar surface area (TPSA) is 113 Å². The molecule has 1 aliphatic rings. The Balaban J connectivity index is 2.22. The van der Waals surface area contributed by atoms with Crippen molar-refractivity contribution in [2.75, 3.05) is 5.75 Å². The zero-order chi connectivity index (χ0) is 15.6. The average Bonchev–Trinajstić information content (AvgIpc) is 2.37. The molecule has 21 heavy (non-hydrogen) atoms. The van der Waals surface area contributed by atoms with Crippen LogP contribution >= 0.6 is 0 Å². The molecule has 2 rings (SSSR count). The minimum atomic E-state index is -4.21. The van der Waals surface area contributed by atoms with E-state index >= 15 is 0 Å². The van der Waals surface area contributed by atoms with Crippen molar-refractivity contribution in [3.63, 3.8) is 0 Å². The van der Waals surface area contributed by atoms with Crippen LogP contribution < -0.4 is 5.32 Å². The lowest BCUT2D eigenvalue weighted by atomic mass is 9.93. The van der Waals surface area contributed by atoms with Gasteiger partial charge in [0.25, 0.3) is 10.1 Å². The van der Waals surface area contributed by atoms with Crippen LogP contribution in [0.3, 0.4) is 0 Å². The fourth-order valence-corrected chi connectivity index (χ4v) is 2.57. The predicted molar refractivity (Wildman–Crippen MR) is 69.4 cm³/mol. The van der Waals surface area contributed by atoms with Crippen LogP contribution in [0.15, 0.2) is 12.3 Å². The van der Waals surface area contributed by atoms with Gasteiger partial charge in [-0.05, 0) is 24.5 Å². The Labute approximate surface area is 120 Å². The maximum atomic E-state index is 13.6. The van der Waals surface area contributed by atoms with E-state index in [2.05, 4.69) is 10.3 Å². The first-order chi connectivity index (χ1) is 9.76. The van der Waals surface area contributed by atoms with Gasteiger partial charge in [-0.25, -0.2) is 4.39 Å². The van der Waals surface area contributed by atoms with Crippen molar-refractivity contribution in [1.29, 1.82) is 0 Å². The zero-order valence-corrected chi connectivity index (χ0v) is 11.7. The molecule has 2 N–H and O–H groups in total. The Morgan fingerprint density at radius 2 is 2.14 bits per heavy atom. The van der Waals surface area contributed by atoms with Gasteiger partial charge < -0.3 is 0 Å². The van der Waals surface area contributed by atoms with Gasteiger partial charge in [-0.1, -0.05) is 0 Å². The van der Waals surface area contributed by atoms with Crippen LogP contribution in [0, 0.1) is 5.82 Å². The largest absolute Gasteiger partial charge is 0.296 e. The van der Waals surface area contributed by atoms with Crippen molar-refractivity contribution in [1.82, 2.24) is 10.3 Å². The number of carbonyl (C=O) groups is 2. The number of pyridine rings is 1. The number of amides is 2. The van der Waals surface area contributed by atoms with E-state index in [1.807, 2.05) is 0 Å². The molecular formula is C12H13FN2O5S. The van der Waals surface area contributed by atoms with Gasteiger partial charge in [-0.2, -0.15) is 8.42 Å². The number of rotatable bonds is 4. The molecule has 1 fully saturated rings. The summed E-state index contributed by atoms with van der Waals surface area (Å²) in [5.74, 6) is -2.89. The highest BCUT2D eigenvalue weighted by Gasteiger charge is 2.29. The van der Waals surface area contributed by atoms with Gasteiger partial charge in [-0.15, -0.1) is 0 Å². The molecule has 1 aromatic heterocycles. The predicted octanol–water partition coefficient (Wildman–Crippen LogP) is 0.171. The number of hydrogen-bond donors (Lipinski definition) is 2. The molecule has 0 aliphatic carbocycles. The monoisotopic (exact) mass is 316 g/mol. The highest BCUT2D eigenvalue weighted by Crippen LogP contribution is 2.24. The van der Waals surface area contributed by atoms with Gasteiger partial charge in [0.2, 0.25) is 11.8 Å². The standard InChI is InChI=1S/C12H13FN2O5S/c13-9-6-14-10(5-7(9)3-4-21(18,19)20)8-1-2-11(16)15-12(8)17/h5-6,8H,1-4H2,(H,15,16,17)(H,18,19,20). The summed E-state index contributed by atoms with van der Waals surface area (Å²) >= 11 is 0. The summed E-state index contributed by atoms with van der Waals surface area (Å²) in [6.07, 6.45) is 1.10. The van der Waals surface area contributed by atoms with Crippen LogP contribution in [0.5, 0.6) is 0 Å². The Morgan fingerprint density at radius 3 is 2.76 bits per heavy atom. The van der Waals surface area contributed by atoms with E-state index in [9.17, 15) is 22.4 Å². The molecule has 0 saturated carbocycles. The summed E-state index contributed by atoms with van der Waals surface area (Å²) in [5, 5.41) is 2.17. The first-order valence-corrected chi connectivity index (χ1v) is 7.80. The third-order valence-corrected chi connectivity index (χ3v) is 3.90. The van der Waals surface area contributed by atoms with Crippen LogP contribution in [0.1, 0.15) is 30.0 Å². The molecule has 2 amide bonds. The summed E-state index contributed by atoms with van der Waals surface area (Å²) < 4.78 is 43.7. The molecule has 7 nitrogen and oxygen atoms in total. The van der Waals surface area contributed by atoms with E-state index < -0.39 is 33.5 Å². The van der Waals surface area contributed by atoms with Crippen molar-refractivity contribution < 1.29 is 27.0 Å². The fourth-order valence-electron chi connectivity index (χ4n) is 2.10. The SMILES string of the molecule is O=C1CCC(c2cc(CCS(=O)(=O)O)c(F)cn2)C(=O)N1. The second-order valence-corrected chi connectivity index (χ2v) is 6.31. The lowest BCUT2D eigenvalue weighted by Crippen LogP contribution is -2.39. The molecule has 1 atom stereocenters. The van der Waals surface area contributed by atoms with Gasteiger partial charge in [0.1, 0.15) is 5.82 Å². The van der Waals surface area contributed by atoms with Gasteiger partial charge in [0.05, 0.1) is 23.6 Å². The molecule has 9 heteroatoms. The van der Waals surface area contributed by atoms with E-state index in [-0.39, 0.29) is 36.4 Å². The Bertz CT molecular complexity index is 689. The van der Waals surface area contributed by atoms with Crippen molar-refractivity contribution >= 4 is 21.9 Å². The summed E-state index contributed by atoms with van der Waals surface area (Å²) in [7, 11) is -4.21. The van der Waals surface area contributed by atoms with Gasteiger partial charge in [0, 0.05) is 6.42 Å². The van der Waals surface area contributed by atoms with Gasteiger partial charge >= 0.3 is 0 Å². The summed E-state index contributed by atoms with van der Waals surface area (Å²) in [5.41, 5.74) is 0.314. The maximum absolute atomic E-state index is 13.6. The number of aromatic nitrogens is 1. The number of halogens is 1. The third-order valence-electron chi connectivity index (χ3n) is 3.18. The number of nitrogens with one attached hydrogen (secondary N) is 1.